The van der Waals surface area contributed by atoms with Crippen molar-refractivity contribution in [2.75, 3.05) is 0 Å². The second kappa shape index (κ2) is 3.08. The third-order valence-electron chi connectivity index (χ3n) is 2.51. The molecular weight excluding hydrogens is 194 g/mol. The number of amides is 2. The normalized spacial score (nSPS) is 24.9. The molecule has 0 saturated carbocycles. The Morgan fingerprint density at radius 1 is 1.33 bits per heavy atom. The van der Waals surface area contributed by atoms with Crippen LogP contribution in [0.15, 0.2) is 24.3 Å². The van der Waals surface area contributed by atoms with Crippen molar-refractivity contribution in [2.24, 2.45) is 0 Å². The molecule has 0 aliphatic carbocycles. The van der Waals surface area contributed by atoms with Crippen LogP contribution in [-0.2, 0) is 15.1 Å². The number of imide groups is 1. The number of benzene rings is 1. The van der Waals surface area contributed by atoms with Gasteiger partial charge >= 0.3 is 6.09 Å². The zero-order valence-corrected chi connectivity index (χ0v) is 8.53. The van der Waals surface area contributed by atoms with Crippen LogP contribution in [0.25, 0.3) is 0 Å². The van der Waals surface area contributed by atoms with Crippen LogP contribution in [0.5, 0.6) is 0 Å². The minimum Gasteiger partial charge on any atom is -0.428 e. The van der Waals surface area contributed by atoms with Gasteiger partial charge in [-0.15, -0.1) is 0 Å². The van der Waals surface area contributed by atoms with Crippen molar-refractivity contribution in [1.29, 1.82) is 0 Å². The van der Waals surface area contributed by atoms with Crippen molar-refractivity contribution in [3.8, 4) is 0 Å². The zero-order chi connectivity index (χ0) is 11.1. The molecule has 1 N–H and O–H groups in total. The van der Waals surface area contributed by atoms with Crippen LogP contribution in [0.4, 0.5) is 4.79 Å². The second-order valence-electron chi connectivity index (χ2n) is 3.75. The highest BCUT2D eigenvalue weighted by atomic mass is 16.6. The first kappa shape index (κ1) is 9.71. The molecule has 0 spiro atoms. The van der Waals surface area contributed by atoms with Crippen LogP contribution in [0.3, 0.4) is 0 Å². The van der Waals surface area contributed by atoms with Gasteiger partial charge in [0.05, 0.1) is 0 Å². The first-order valence-corrected chi connectivity index (χ1v) is 4.64. The SMILES string of the molecule is Cc1cccc(C2(C)OC(=O)NC2=O)c1. The smallest absolute Gasteiger partial charge is 0.415 e. The van der Waals surface area contributed by atoms with E-state index in [0.29, 0.717) is 5.56 Å². The Balaban J connectivity index is 2.46. The lowest BCUT2D eigenvalue weighted by Gasteiger charge is -2.19. The maximum Gasteiger partial charge on any atom is 0.415 e. The molecule has 0 bridgehead atoms. The van der Waals surface area contributed by atoms with Gasteiger partial charge in [-0.05, 0) is 13.8 Å². The van der Waals surface area contributed by atoms with E-state index in [4.69, 9.17) is 4.74 Å². The van der Waals surface area contributed by atoms with Gasteiger partial charge in [0, 0.05) is 5.56 Å². The summed E-state index contributed by atoms with van der Waals surface area (Å²) in [6, 6.07) is 7.35. The highest BCUT2D eigenvalue weighted by molar-refractivity contribution is 6.03. The van der Waals surface area contributed by atoms with Crippen LogP contribution >= 0.6 is 0 Å². The molecule has 1 aromatic rings. The highest BCUT2D eigenvalue weighted by Crippen LogP contribution is 2.29. The maximum absolute atomic E-state index is 11.6. The summed E-state index contributed by atoms with van der Waals surface area (Å²) in [5.41, 5.74) is 0.513. The molecule has 1 fully saturated rings. The molecule has 0 radical (unpaired) electrons. The Kier molecular flexibility index (Phi) is 2.00. The standard InChI is InChI=1S/C11H11NO3/c1-7-4-3-5-8(6-7)11(2)9(13)12-10(14)15-11/h3-6H,1-2H3,(H,12,13,14). The van der Waals surface area contributed by atoms with Gasteiger partial charge in [-0.25, -0.2) is 4.79 Å². The molecular formula is C11H11NO3. The summed E-state index contributed by atoms with van der Waals surface area (Å²) >= 11 is 0. The topological polar surface area (TPSA) is 55.4 Å². The van der Waals surface area contributed by atoms with Crippen molar-refractivity contribution in [1.82, 2.24) is 5.32 Å². The number of hydrogen-bond donors (Lipinski definition) is 1. The fourth-order valence-electron chi connectivity index (χ4n) is 1.60. The number of rotatable bonds is 1. The average molecular weight is 205 g/mol. The third kappa shape index (κ3) is 1.48. The van der Waals surface area contributed by atoms with Crippen LogP contribution in [0.2, 0.25) is 0 Å². The Morgan fingerprint density at radius 3 is 2.60 bits per heavy atom. The first-order chi connectivity index (χ1) is 7.02. The lowest BCUT2D eigenvalue weighted by atomic mass is 9.94. The lowest BCUT2D eigenvalue weighted by molar-refractivity contribution is -0.130. The Bertz CT molecular complexity index is 441. The maximum atomic E-state index is 11.6. The number of carbonyl (C=O) groups excluding carboxylic acids is 2. The van der Waals surface area contributed by atoms with Crippen LogP contribution in [-0.4, -0.2) is 12.0 Å². The van der Waals surface area contributed by atoms with Gasteiger partial charge in [-0.2, -0.15) is 0 Å². The number of alkyl carbamates (subject to hydrolysis) is 1. The van der Waals surface area contributed by atoms with Gasteiger partial charge < -0.3 is 4.74 Å². The first-order valence-electron chi connectivity index (χ1n) is 4.64. The van der Waals surface area contributed by atoms with Crippen LogP contribution in [0.1, 0.15) is 18.1 Å². The summed E-state index contributed by atoms with van der Waals surface area (Å²) in [6.07, 6.45) is -0.691. The molecule has 0 aromatic heterocycles. The quantitative estimate of drug-likeness (QED) is 0.755. The fourth-order valence-corrected chi connectivity index (χ4v) is 1.60. The summed E-state index contributed by atoms with van der Waals surface area (Å²) in [4.78, 5) is 22.5. The van der Waals surface area contributed by atoms with E-state index in [2.05, 4.69) is 5.32 Å². The molecule has 4 nitrogen and oxygen atoms in total. The summed E-state index contributed by atoms with van der Waals surface area (Å²) in [5, 5.41) is 2.13. The Morgan fingerprint density at radius 2 is 2.07 bits per heavy atom. The predicted octanol–water partition coefficient (Wildman–Crippen LogP) is 1.48. The number of nitrogens with one attached hydrogen (secondary N) is 1. The van der Waals surface area contributed by atoms with E-state index in [1.807, 2.05) is 25.1 Å². The molecule has 1 aliphatic rings. The van der Waals surface area contributed by atoms with E-state index in [1.54, 1.807) is 13.0 Å². The minimum atomic E-state index is -1.19. The van der Waals surface area contributed by atoms with Crippen molar-refractivity contribution >= 4 is 12.0 Å². The van der Waals surface area contributed by atoms with Crippen molar-refractivity contribution in [3.05, 3.63) is 35.4 Å². The van der Waals surface area contributed by atoms with Crippen LogP contribution < -0.4 is 5.32 Å². The van der Waals surface area contributed by atoms with E-state index < -0.39 is 17.6 Å². The van der Waals surface area contributed by atoms with Crippen molar-refractivity contribution < 1.29 is 14.3 Å². The van der Waals surface area contributed by atoms with Gasteiger partial charge in [-0.1, -0.05) is 29.8 Å². The number of hydrogen-bond acceptors (Lipinski definition) is 3. The molecule has 2 amide bonds. The fraction of sp³-hybridized carbons (Fsp3) is 0.273. The summed E-state index contributed by atoms with van der Waals surface area (Å²) < 4.78 is 5.00. The van der Waals surface area contributed by atoms with Gasteiger partial charge in [0.2, 0.25) is 5.60 Å². The minimum absolute atomic E-state index is 0.418. The molecule has 1 aromatic carbocycles. The summed E-state index contributed by atoms with van der Waals surface area (Å²) in [6.45, 7) is 3.50. The monoisotopic (exact) mass is 205 g/mol. The summed E-state index contributed by atoms with van der Waals surface area (Å²) in [5.74, 6) is -0.418. The second-order valence-corrected chi connectivity index (χ2v) is 3.75. The van der Waals surface area contributed by atoms with Gasteiger partial charge in [0.1, 0.15) is 0 Å². The van der Waals surface area contributed by atoms with E-state index in [1.165, 1.54) is 0 Å². The van der Waals surface area contributed by atoms with Crippen molar-refractivity contribution in [2.45, 2.75) is 19.4 Å². The molecule has 4 heteroatoms. The van der Waals surface area contributed by atoms with E-state index in [0.717, 1.165) is 5.56 Å². The Labute approximate surface area is 87.2 Å². The lowest BCUT2D eigenvalue weighted by Crippen LogP contribution is -2.33. The van der Waals surface area contributed by atoms with Gasteiger partial charge in [0.15, 0.2) is 0 Å². The van der Waals surface area contributed by atoms with E-state index >= 15 is 0 Å². The van der Waals surface area contributed by atoms with Gasteiger partial charge in [-0.3, -0.25) is 10.1 Å². The van der Waals surface area contributed by atoms with E-state index in [-0.39, 0.29) is 0 Å². The predicted molar refractivity (Wildman–Crippen MR) is 53.2 cm³/mol. The molecule has 1 unspecified atom stereocenters. The number of carbonyl (C=O) groups is 2. The molecule has 15 heavy (non-hydrogen) atoms. The number of cyclic esters (lactones) is 1. The van der Waals surface area contributed by atoms with Crippen molar-refractivity contribution in [3.63, 3.8) is 0 Å². The molecule has 1 aliphatic heterocycles. The average Bonchev–Trinajstić information content (AvgIpc) is 2.42. The largest absolute Gasteiger partial charge is 0.428 e. The molecule has 1 heterocycles. The van der Waals surface area contributed by atoms with E-state index in [9.17, 15) is 9.59 Å². The summed E-state index contributed by atoms with van der Waals surface area (Å²) in [7, 11) is 0. The molecule has 2 rings (SSSR count). The number of ether oxygens (including phenoxy) is 1. The Hall–Kier alpha value is -1.84. The highest BCUT2D eigenvalue weighted by Gasteiger charge is 2.46. The molecule has 78 valence electrons. The molecule has 1 atom stereocenters. The zero-order valence-electron chi connectivity index (χ0n) is 8.53. The van der Waals surface area contributed by atoms with Crippen LogP contribution in [0, 0.1) is 6.92 Å². The number of aryl methyl sites for hydroxylation is 1. The van der Waals surface area contributed by atoms with Gasteiger partial charge in [0.25, 0.3) is 5.91 Å². The third-order valence-corrected chi connectivity index (χ3v) is 2.51. The molecule has 1 saturated heterocycles.